The predicted molar refractivity (Wildman–Crippen MR) is 57.3 cm³/mol. The molecule has 0 saturated heterocycles. The molecule has 0 unspecified atom stereocenters. The molecule has 0 aliphatic heterocycles. The molecule has 0 aromatic heterocycles. The van der Waals surface area contributed by atoms with Crippen LogP contribution in [-0.4, -0.2) is 12.9 Å². The zero-order chi connectivity index (χ0) is 9.68. The van der Waals surface area contributed by atoms with E-state index in [0.29, 0.717) is 6.54 Å². The van der Waals surface area contributed by atoms with Crippen LogP contribution in [0.1, 0.15) is 12.5 Å². The molecule has 0 heterocycles. The van der Waals surface area contributed by atoms with Crippen molar-refractivity contribution in [2.75, 3.05) is 12.9 Å². The number of methoxy groups -OCH3 is 1. The van der Waals surface area contributed by atoms with Crippen LogP contribution in [0.3, 0.4) is 0 Å². The molecular weight excluding hydrogens is 182 g/mol. The number of hydrogen-bond donors (Lipinski definition) is 1. The highest BCUT2D eigenvalue weighted by Gasteiger charge is 2.02. The van der Waals surface area contributed by atoms with E-state index >= 15 is 0 Å². The van der Waals surface area contributed by atoms with Crippen molar-refractivity contribution in [1.29, 1.82) is 0 Å². The van der Waals surface area contributed by atoms with E-state index in [0.717, 1.165) is 11.5 Å². The second-order valence-corrected chi connectivity index (χ2v) is 3.92. The summed E-state index contributed by atoms with van der Waals surface area (Å²) in [4.78, 5) is 1.23. The first kappa shape index (κ1) is 10.4. The molecule has 0 aliphatic rings. The molecule has 2 N–H and O–H groups in total. The van der Waals surface area contributed by atoms with Gasteiger partial charge in [-0.2, -0.15) is 0 Å². The number of nitrogens with two attached hydrogens (primary N) is 1. The van der Waals surface area contributed by atoms with Gasteiger partial charge in [0.05, 0.1) is 7.11 Å². The van der Waals surface area contributed by atoms with Gasteiger partial charge in [0.2, 0.25) is 0 Å². The summed E-state index contributed by atoms with van der Waals surface area (Å²) in [5.41, 5.74) is 6.81. The molecule has 0 spiro atoms. The fourth-order valence-electron chi connectivity index (χ4n) is 1.12. The van der Waals surface area contributed by atoms with Gasteiger partial charge < -0.3 is 10.5 Å². The molecule has 0 radical (unpaired) electrons. The van der Waals surface area contributed by atoms with Crippen LogP contribution in [0.4, 0.5) is 0 Å². The van der Waals surface area contributed by atoms with Gasteiger partial charge >= 0.3 is 0 Å². The van der Waals surface area contributed by atoms with Crippen LogP contribution in [0, 0.1) is 0 Å². The monoisotopic (exact) mass is 197 g/mol. The van der Waals surface area contributed by atoms with Gasteiger partial charge in [-0.25, -0.2) is 0 Å². The number of benzene rings is 1. The molecule has 0 amide bonds. The first-order valence-electron chi connectivity index (χ1n) is 4.31. The van der Waals surface area contributed by atoms with E-state index in [1.807, 2.05) is 18.2 Å². The standard InChI is InChI=1S/C10H15NOS/c1-3-13-10-6-9(12-2)5-4-8(10)7-11/h4-6H,3,7,11H2,1-2H3. The topological polar surface area (TPSA) is 35.2 Å². The van der Waals surface area contributed by atoms with Gasteiger partial charge in [0, 0.05) is 11.4 Å². The molecule has 2 nitrogen and oxygen atoms in total. The third-order valence-corrected chi connectivity index (χ3v) is 2.77. The normalized spacial score (nSPS) is 10.1. The summed E-state index contributed by atoms with van der Waals surface area (Å²) in [7, 11) is 1.68. The second kappa shape index (κ2) is 5.14. The molecule has 1 aromatic carbocycles. The quantitative estimate of drug-likeness (QED) is 0.752. The first-order valence-corrected chi connectivity index (χ1v) is 5.30. The number of hydrogen-bond acceptors (Lipinski definition) is 3. The number of ether oxygens (including phenoxy) is 1. The van der Waals surface area contributed by atoms with E-state index in [2.05, 4.69) is 6.92 Å². The molecule has 0 atom stereocenters. The Morgan fingerprint density at radius 2 is 2.23 bits per heavy atom. The second-order valence-electron chi connectivity index (χ2n) is 2.61. The lowest BCUT2D eigenvalue weighted by Gasteiger charge is -2.08. The maximum absolute atomic E-state index is 5.62. The van der Waals surface area contributed by atoms with E-state index in [4.69, 9.17) is 10.5 Å². The van der Waals surface area contributed by atoms with Crippen LogP contribution < -0.4 is 10.5 Å². The Morgan fingerprint density at radius 3 is 2.77 bits per heavy atom. The minimum Gasteiger partial charge on any atom is -0.497 e. The smallest absolute Gasteiger partial charge is 0.119 e. The third-order valence-electron chi connectivity index (χ3n) is 1.79. The Bertz CT molecular complexity index is 276. The lowest BCUT2D eigenvalue weighted by molar-refractivity contribution is 0.413. The average molecular weight is 197 g/mol. The lowest BCUT2D eigenvalue weighted by atomic mass is 10.2. The zero-order valence-corrected chi connectivity index (χ0v) is 8.86. The molecule has 0 saturated carbocycles. The third kappa shape index (κ3) is 2.64. The number of rotatable bonds is 4. The van der Waals surface area contributed by atoms with E-state index in [1.165, 1.54) is 10.5 Å². The highest BCUT2D eigenvalue weighted by molar-refractivity contribution is 7.99. The van der Waals surface area contributed by atoms with Crippen LogP contribution in [0.25, 0.3) is 0 Å². The summed E-state index contributed by atoms with van der Waals surface area (Å²) in [6.45, 7) is 2.72. The molecule has 0 bridgehead atoms. The summed E-state index contributed by atoms with van der Waals surface area (Å²) in [6, 6.07) is 6.01. The van der Waals surface area contributed by atoms with Gasteiger partial charge in [0.1, 0.15) is 5.75 Å². The highest BCUT2D eigenvalue weighted by atomic mass is 32.2. The van der Waals surface area contributed by atoms with Gasteiger partial charge in [-0.05, 0) is 23.4 Å². The van der Waals surface area contributed by atoms with E-state index in [-0.39, 0.29) is 0 Å². The van der Waals surface area contributed by atoms with Gasteiger partial charge in [-0.1, -0.05) is 13.0 Å². The van der Waals surface area contributed by atoms with Crippen LogP contribution in [0.5, 0.6) is 5.75 Å². The zero-order valence-electron chi connectivity index (χ0n) is 8.04. The molecule has 0 aliphatic carbocycles. The van der Waals surface area contributed by atoms with Crippen LogP contribution in [0.15, 0.2) is 23.1 Å². The molecule has 1 rings (SSSR count). The van der Waals surface area contributed by atoms with Gasteiger partial charge in [-0.3, -0.25) is 0 Å². The molecule has 0 fully saturated rings. The van der Waals surface area contributed by atoms with Crippen molar-refractivity contribution in [2.24, 2.45) is 5.73 Å². The van der Waals surface area contributed by atoms with Crippen LogP contribution >= 0.6 is 11.8 Å². The van der Waals surface area contributed by atoms with Crippen molar-refractivity contribution in [3.63, 3.8) is 0 Å². The largest absolute Gasteiger partial charge is 0.497 e. The number of thioether (sulfide) groups is 1. The van der Waals surface area contributed by atoms with Crippen molar-refractivity contribution in [3.8, 4) is 5.75 Å². The lowest BCUT2D eigenvalue weighted by Crippen LogP contribution is -1.98. The summed E-state index contributed by atoms with van der Waals surface area (Å²) >= 11 is 1.80. The van der Waals surface area contributed by atoms with Crippen LogP contribution in [0.2, 0.25) is 0 Å². The Labute approximate surface area is 83.5 Å². The molecule has 3 heteroatoms. The van der Waals surface area contributed by atoms with Crippen molar-refractivity contribution in [1.82, 2.24) is 0 Å². The van der Waals surface area contributed by atoms with E-state index in [1.54, 1.807) is 18.9 Å². The summed E-state index contributed by atoms with van der Waals surface area (Å²) in [5, 5.41) is 0. The molecule has 72 valence electrons. The summed E-state index contributed by atoms with van der Waals surface area (Å²) in [6.07, 6.45) is 0. The van der Waals surface area contributed by atoms with Gasteiger partial charge in [0.15, 0.2) is 0 Å². The Balaban J connectivity index is 2.95. The molecule has 13 heavy (non-hydrogen) atoms. The van der Waals surface area contributed by atoms with Crippen molar-refractivity contribution >= 4 is 11.8 Å². The highest BCUT2D eigenvalue weighted by Crippen LogP contribution is 2.26. The molecular formula is C10H15NOS. The van der Waals surface area contributed by atoms with Gasteiger partial charge in [-0.15, -0.1) is 11.8 Å². The van der Waals surface area contributed by atoms with Crippen molar-refractivity contribution < 1.29 is 4.74 Å². The minimum atomic E-state index is 0.590. The SMILES string of the molecule is CCSc1cc(OC)ccc1CN. The Kier molecular flexibility index (Phi) is 4.12. The Morgan fingerprint density at radius 1 is 1.46 bits per heavy atom. The summed E-state index contributed by atoms with van der Waals surface area (Å²) < 4.78 is 5.15. The fourth-order valence-corrected chi connectivity index (χ4v) is 1.97. The Hall–Kier alpha value is -0.670. The predicted octanol–water partition coefficient (Wildman–Crippen LogP) is 2.27. The van der Waals surface area contributed by atoms with E-state index < -0.39 is 0 Å². The maximum atomic E-state index is 5.62. The first-order chi connectivity index (χ1) is 6.31. The minimum absolute atomic E-state index is 0.590. The molecule has 1 aromatic rings. The van der Waals surface area contributed by atoms with Crippen molar-refractivity contribution in [3.05, 3.63) is 23.8 Å². The summed E-state index contributed by atoms with van der Waals surface area (Å²) in [5.74, 6) is 1.95. The van der Waals surface area contributed by atoms with Crippen molar-refractivity contribution in [2.45, 2.75) is 18.4 Å². The maximum Gasteiger partial charge on any atom is 0.119 e. The van der Waals surface area contributed by atoms with Gasteiger partial charge in [0.25, 0.3) is 0 Å². The van der Waals surface area contributed by atoms with E-state index in [9.17, 15) is 0 Å². The van der Waals surface area contributed by atoms with Crippen LogP contribution in [-0.2, 0) is 6.54 Å². The average Bonchev–Trinajstić information content (AvgIpc) is 2.18. The fraction of sp³-hybridized carbons (Fsp3) is 0.400.